The fourth-order valence-corrected chi connectivity index (χ4v) is 7.34. The third kappa shape index (κ3) is 16.4. The molecule has 25 heteroatoms. The van der Waals surface area contributed by atoms with Gasteiger partial charge in [-0.2, -0.15) is 15.0 Å². The number of imide groups is 2. The Hall–Kier alpha value is -5.77. The first kappa shape index (κ1) is 59.4. The number of rotatable bonds is 3. The standard InChI is InChI=1S/C20H26N6O5.C15H21N5O3.C5H6BrNO2.C2H3N.CH4.CH3.Na/c1-20(2,3)31-19(30)24-10-8-23(9-11-24)13-6-7-25-15(12-13)22-26(18(25)29)14-4-5-16(27)21-17(14)28;1-15(2,3)23-14(22)19-8-6-18(7-9-19)11-4-5-20-12(10-11)16-17-13(20)21;6-3-1-2-4(8)7-5(3)9;1-2-3;;;/h6-7,12,14H,4-5,8-11H2,1-3H3,(H,21,27,28);4-5,10H,6-9H2,1-3H3,(H,17,21);3H,1-2H2,(H,7,8,9);1H3;1H4;1H3;/q;;;;;-1;+1. The smallest absolute Gasteiger partial charge is 0.444 e. The molecular formula is C44H63BrN13NaO10. The summed E-state index contributed by atoms with van der Waals surface area (Å²) in [5.41, 5.74) is 1.17. The van der Waals surface area contributed by atoms with Gasteiger partial charge in [0.2, 0.25) is 17.7 Å². The second-order valence-corrected chi connectivity index (χ2v) is 18.6. The minimum atomic E-state index is -0.800. The Labute approximate surface area is 431 Å². The van der Waals surface area contributed by atoms with Gasteiger partial charge in [0.15, 0.2) is 11.3 Å². The average molecular weight is 1040 g/mol. The summed E-state index contributed by atoms with van der Waals surface area (Å²) in [7, 11) is 0. The summed E-state index contributed by atoms with van der Waals surface area (Å²) in [5.74, 6) is -1.24. The number of nitrogens with zero attached hydrogens (tertiary/aromatic N) is 10. The van der Waals surface area contributed by atoms with Gasteiger partial charge in [0.25, 0.3) is 5.91 Å². The van der Waals surface area contributed by atoms with E-state index in [1.165, 1.54) is 15.7 Å². The third-order valence-corrected chi connectivity index (χ3v) is 11.1. The minimum Gasteiger partial charge on any atom is -0.444 e. The van der Waals surface area contributed by atoms with Gasteiger partial charge in [-0.25, -0.2) is 24.3 Å². The fourth-order valence-electron chi connectivity index (χ4n) is 7.00. The molecule has 4 fully saturated rings. The molecule has 3 N–H and O–H groups in total. The number of piperidine rings is 2. The van der Waals surface area contributed by atoms with E-state index >= 15 is 0 Å². The number of H-pyrrole nitrogens is 1. The molecule has 0 spiro atoms. The third-order valence-electron chi connectivity index (χ3n) is 10.2. The molecule has 6 amide bonds. The summed E-state index contributed by atoms with van der Waals surface area (Å²) >= 11 is 3.12. The maximum absolute atomic E-state index is 12.7. The normalized spacial score (nSPS) is 18.1. The van der Waals surface area contributed by atoms with Crippen molar-refractivity contribution in [1.29, 1.82) is 5.26 Å². The van der Waals surface area contributed by atoms with Crippen molar-refractivity contribution in [2.24, 2.45) is 0 Å². The fraction of sp³-hybridized carbons (Fsp3) is 0.545. The van der Waals surface area contributed by atoms with Crippen LogP contribution >= 0.6 is 15.9 Å². The molecule has 4 saturated heterocycles. The summed E-state index contributed by atoms with van der Waals surface area (Å²) in [4.78, 5) is 101. The Kier molecular flexibility index (Phi) is 22.1. The molecule has 23 nitrogen and oxygen atoms in total. The average Bonchev–Trinajstić information content (AvgIpc) is 3.79. The van der Waals surface area contributed by atoms with Gasteiger partial charge >= 0.3 is 53.1 Å². The van der Waals surface area contributed by atoms with E-state index in [1.54, 1.807) is 34.3 Å². The van der Waals surface area contributed by atoms with Gasteiger partial charge in [0, 0.05) is 108 Å². The van der Waals surface area contributed by atoms with Crippen molar-refractivity contribution in [2.75, 3.05) is 62.2 Å². The second-order valence-electron chi connectivity index (χ2n) is 17.5. The number of halogens is 1. The SMILES string of the molecule is C.CC#N.CC(C)(C)OC(=O)N1CCN(c2ccn3c(=O)[nH]nc3c2)CC1.CC(C)(C)OC(=O)N1CCN(c2ccn3c(=O)n(C4CCC(=O)NC4=O)nc3c2)CC1.O=C1CCC(Br)C(=O)N1.[CH3-].[Na+]. The van der Waals surface area contributed by atoms with Crippen molar-refractivity contribution < 1.29 is 67.8 Å². The van der Waals surface area contributed by atoms with Crippen molar-refractivity contribution in [3.63, 3.8) is 0 Å². The van der Waals surface area contributed by atoms with E-state index in [4.69, 9.17) is 14.7 Å². The molecule has 0 aliphatic carbocycles. The van der Waals surface area contributed by atoms with Crippen LogP contribution in [0.4, 0.5) is 21.0 Å². The van der Waals surface area contributed by atoms with Gasteiger partial charge in [0.05, 0.1) is 10.9 Å². The predicted molar refractivity (Wildman–Crippen MR) is 256 cm³/mol. The van der Waals surface area contributed by atoms with Crippen LogP contribution in [0.3, 0.4) is 0 Å². The summed E-state index contributed by atoms with van der Waals surface area (Å²) in [5, 5.41) is 22.5. The number of ether oxygens (including phenoxy) is 2. The molecule has 372 valence electrons. The van der Waals surface area contributed by atoms with Gasteiger partial charge in [-0.1, -0.05) is 23.4 Å². The number of hydrogen-bond acceptors (Lipinski definition) is 15. The van der Waals surface area contributed by atoms with Crippen LogP contribution in [0.15, 0.2) is 46.2 Å². The van der Waals surface area contributed by atoms with Crippen molar-refractivity contribution in [3.05, 3.63) is 65.1 Å². The van der Waals surface area contributed by atoms with Crippen molar-refractivity contribution in [1.82, 2.24) is 49.2 Å². The van der Waals surface area contributed by atoms with Crippen LogP contribution in [-0.2, 0) is 28.7 Å². The molecule has 69 heavy (non-hydrogen) atoms. The molecule has 4 aliphatic heterocycles. The van der Waals surface area contributed by atoms with Crippen molar-refractivity contribution in [3.8, 4) is 6.07 Å². The number of nitrogens with one attached hydrogen (secondary N) is 3. The first-order chi connectivity index (χ1) is 31.1. The van der Waals surface area contributed by atoms with Gasteiger partial charge < -0.3 is 36.5 Å². The molecular weight excluding hydrogens is 973 g/mol. The number of piperazine rings is 2. The zero-order valence-corrected chi connectivity index (χ0v) is 43.6. The van der Waals surface area contributed by atoms with Gasteiger partial charge in [-0.05, 0) is 66.5 Å². The molecule has 8 rings (SSSR count). The molecule has 0 bridgehead atoms. The Morgan fingerprint density at radius 1 is 0.725 bits per heavy atom. The number of pyridine rings is 2. The van der Waals surface area contributed by atoms with Crippen LogP contribution in [0.1, 0.15) is 87.6 Å². The minimum absolute atomic E-state index is 0. The van der Waals surface area contributed by atoms with Crippen LogP contribution in [0, 0.1) is 18.8 Å². The Morgan fingerprint density at radius 2 is 1.16 bits per heavy atom. The van der Waals surface area contributed by atoms with E-state index in [2.05, 4.69) is 51.7 Å². The Morgan fingerprint density at radius 3 is 1.59 bits per heavy atom. The first-order valence-electron chi connectivity index (χ1n) is 21.3. The molecule has 2 atom stereocenters. The topological polar surface area (TPSA) is 271 Å². The van der Waals surface area contributed by atoms with Gasteiger partial charge in [-0.15, -0.1) is 5.10 Å². The molecule has 4 aromatic heterocycles. The van der Waals surface area contributed by atoms with E-state index in [1.807, 2.05) is 59.7 Å². The van der Waals surface area contributed by atoms with Crippen LogP contribution in [0.5, 0.6) is 0 Å². The molecule has 0 saturated carbocycles. The number of aromatic amines is 1. The monoisotopic (exact) mass is 1040 g/mol. The predicted octanol–water partition coefficient (Wildman–Crippen LogP) is 0.417. The van der Waals surface area contributed by atoms with Gasteiger partial charge in [0.1, 0.15) is 17.2 Å². The van der Waals surface area contributed by atoms with E-state index in [-0.39, 0.29) is 97.7 Å². The van der Waals surface area contributed by atoms with Gasteiger partial charge in [-0.3, -0.25) is 38.6 Å². The van der Waals surface area contributed by atoms with Crippen LogP contribution in [0.2, 0.25) is 0 Å². The molecule has 8 heterocycles. The largest absolute Gasteiger partial charge is 1.00 e. The summed E-state index contributed by atoms with van der Waals surface area (Å²) in [6.45, 7) is 17.5. The van der Waals surface area contributed by atoms with E-state index in [9.17, 15) is 38.4 Å². The molecule has 2 unspecified atom stereocenters. The number of amides is 6. The second kappa shape index (κ2) is 25.7. The number of fused-ring (bicyclic) bond motifs is 2. The maximum Gasteiger partial charge on any atom is 1.00 e. The van der Waals surface area contributed by atoms with E-state index in [0.717, 1.165) is 16.1 Å². The molecule has 0 radical (unpaired) electrons. The van der Waals surface area contributed by atoms with Crippen LogP contribution < -0.4 is 61.4 Å². The zero-order chi connectivity index (χ0) is 48.5. The van der Waals surface area contributed by atoms with Crippen LogP contribution in [0.25, 0.3) is 11.3 Å². The maximum atomic E-state index is 12.7. The Bertz CT molecular complexity index is 2590. The number of carbonyl (C=O) groups is 6. The van der Waals surface area contributed by atoms with Crippen LogP contribution in [-0.4, -0.2) is 143 Å². The zero-order valence-electron chi connectivity index (χ0n) is 40.0. The number of aromatic nitrogens is 6. The number of anilines is 2. The first-order valence-corrected chi connectivity index (χ1v) is 22.2. The number of hydrogen-bond donors (Lipinski definition) is 3. The van der Waals surface area contributed by atoms with E-state index < -0.39 is 28.8 Å². The quantitative estimate of drug-likeness (QED) is 0.109. The van der Waals surface area contributed by atoms with E-state index in [0.29, 0.717) is 76.5 Å². The van der Waals surface area contributed by atoms with Crippen molar-refractivity contribution >= 4 is 74.4 Å². The molecule has 4 aliphatic rings. The summed E-state index contributed by atoms with van der Waals surface area (Å²) in [6, 6.07) is 8.29. The number of carbonyl (C=O) groups excluding carboxylic acids is 6. The molecule has 0 aromatic carbocycles. The summed E-state index contributed by atoms with van der Waals surface area (Å²) < 4.78 is 14.8. The van der Waals surface area contributed by atoms with Crippen molar-refractivity contribution in [2.45, 2.75) is 104 Å². The Balaban J connectivity index is 0.000000378. The molecule has 4 aromatic rings. The summed E-state index contributed by atoms with van der Waals surface area (Å²) in [6.07, 6.45) is 4.22. The number of alkyl halides is 1. The number of nitriles is 1.